The summed E-state index contributed by atoms with van der Waals surface area (Å²) in [6.07, 6.45) is 1.16. The summed E-state index contributed by atoms with van der Waals surface area (Å²) in [6.45, 7) is 2.70. The van der Waals surface area contributed by atoms with E-state index < -0.39 is 0 Å². The second kappa shape index (κ2) is 6.25. The predicted molar refractivity (Wildman–Crippen MR) is 106 cm³/mol. The average Bonchev–Trinajstić information content (AvgIpc) is 3.13. The van der Waals surface area contributed by atoms with Crippen LogP contribution in [-0.4, -0.2) is 22.6 Å². The summed E-state index contributed by atoms with van der Waals surface area (Å²) in [5.74, 6) is 0.906. The second-order valence-electron chi connectivity index (χ2n) is 7.13. The van der Waals surface area contributed by atoms with Gasteiger partial charge in [0.25, 0.3) is 5.56 Å². The minimum absolute atomic E-state index is 0.130. The smallest absolute Gasteiger partial charge is 0.250 e. The number of piperidine rings is 1. The fourth-order valence-corrected chi connectivity index (χ4v) is 5.20. The van der Waals surface area contributed by atoms with Crippen LogP contribution in [0, 0.1) is 5.92 Å². The van der Waals surface area contributed by atoms with E-state index in [0.717, 1.165) is 47.5 Å². The van der Waals surface area contributed by atoms with E-state index in [2.05, 4.69) is 16.3 Å². The number of pyridine rings is 1. The summed E-state index contributed by atoms with van der Waals surface area (Å²) >= 11 is 7.67. The fraction of sp³-hybridized carbons (Fsp3) is 0.300. The molecule has 1 saturated heterocycles. The number of halogens is 1. The lowest BCUT2D eigenvalue weighted by Crippen LogP contribution is -2.47. The van der Waals surface area contributed by atoms with Gasteiger partial charge in [0.15, 0.2) is 5.13 Å². The van der Waals surface area contributed by atoms with E-state index in [1.807, 2.05) is 34.9 Å². The van der Waals surface area contributed by atoms with E-state index >= 15 is 0 Å². The van der Waals surface area contributed by atoms with E-state index in [1.54, 1.807) is 17.4 Å². The highest BCUT2D eigenvalue weighted by Gasteiger charge is 2.35. The molecule has 3 aromatic rings. The van der Waals surface area contributed by atoms with Crippen LogP contribution >= 0.6 is 22.9 Å². The summed E-state index contributed by atoms with van der Waals surface area (Å²) in [4.78, 5) is 19.4. The SMILES string of the molecule is O=c1cccc2n1C[C@@H]1C[C@H]2CN(c2nc(-c3ccc(Cl)cc3)cs2)C1. The van der Waals surface area contributed by atoms with Crippen LogP contribution in [0.1, 0.15) is 18.0 Å². The lowest BCUT2D eigenvalue weighted by atomic mass is 9.83. The summed E-state index contributed by atoms with van der Waals surface area (Å²) < 4.78 is 1.97. The Morgan fingerprint density at radius 3 is 2.77 bits per heavy atom. The molecule has 0 N–H and O–H groups in total. The van der Waals surface area contributed by atoms with Crippen LogP contribution in [0.3, 0.4) is 0 Å². The molecule has 0 radical (unpaired) electrons. The van der Waals surface area contributed by atoms with Crippen LogP contribution in [0.2, 0.25) is 5.02 Å². The average molecular weight is 384 g/mol. The number of hydrogen-bond donors (Lipinski definition) is 0. The van der Waals surface area contributed by atoms with Crippen molar-refractivity contribution < 1.29 is 0 Å². The Morgan fingerprint density at radius 1 is 1.08 bits per heavy atom. The molecule has 0 aliphatic carbocycles. The molecule has 2 aliphatic rings. The highest BCUT2D eigenvalue weighted by molar-refractivity contribution is 7.14. The van der Waals surface area contributed by atoms with Crippen molar-refractivity contribution in [3.63, 3.8) is 0 Å². The van der Waals surface area contributed by atoms with Crippen molar-refractivity contribution in [2.75, 3.05) is 18.0 Å². The molecular weight excluding hydrogens is 366 g/mol. The highest BCUT2D eigenvalue weighted by atomic mass is 35.5. The van der Waals surface area contributed by atoms with Crippen LogP contribution in [0.5, 0.6) is 0 Å². The number of hydrogen-bond acceptors (Lipinski definition) is 4. The van der Waals surface area contributed by atoms with E-state index in [9.17, 15) is 4.79 Å². The molecule has 0 saturated carbocycles. The lowest BCUT2D eigenvalue weighted by Gasteiger charge is -2.42. The van der Waals surface area contributed by atoms with Gasteiger partial charge in [-0.15, -0.1) is 11.3 Å². The molecule has 0 spiro atoms. The third-order valence-electron chi connectivity index (χ3n) is 5.38. The number of anilines is 1. The molecule has 4 nitrogen and oxygen atoms in total. The van der Waals surface area contributed by atoms with Crippen molar-refractivity contribution in [1.82, 2.24) is 9.55 Å². The summed E-state index contributed by atoms with van der Waals surface area (Å²) in [5.41, 5.74) is 3.39. The molecular formula is C20H18ClN3OS. The summed E-state index contributed by atoms with van der Waals surface area (Å²) in [6, 6.07) is 13.5. The lowest BCUT2D eigenvalue weighted by molar-refractivity contribution is 0.281. The monoisotopic (exact) mass is 383 g/mol. The minimum Gasteiger partial charge on any atom is -0.347 e. The van der Waals surface area contributed by atoms with Crippen molar-refractivity contribution in [1.29, 1.82) is 0 Å². The highest BCUT2D eigenvalue weighted by Crippen LogP contribution is 2.38. The Bertz CT molecular complexity index is 1010. The first-order valence-electron chi connectivity index (χ1n) is 8.83. The normalized spacial score (nSPS) is 21.5. The zero-order chi connectivity index (χ0) is 17.7. The van der Waals surface area contributed by atoms with Crippen molar-refractivity contribution in [2.24, 2.45) is 5.92 Å². The third kappa shape index (κ3) is 2.75. The minimum atomic E-state index is 0.130. The quantitative estimate of drug-likeness (QED) is 0.664. The van der Waals surface area contributed by atoms with Gasteiger partial charge in [-0.05, 0) is 30.5 Å². The summed E-state index contributed by atoms with van der Waals surface area (Å²) in [7, 11) is 0. The fourth-order valence-electron chi connectivity index (χ4n) is 4.22. The Kier molecular flexibility index (Phi) is 3.87. The molecule has 26 heavy (non-hydrogen) atoms. The van der Waals surface area contributed by atoms with Crippen molar-refractivity contribution in [2.45, 2.75) is 18.9 Å². The molecule has 0 unspecified atom stereocenters. The van der Waals surface area contributed by atoms with Gasteiger partial charge in [-0.25, -0.2) is 4.98 Å². The molecule has 1 aromatic carbocycles. The van der Waals surface area contributed by atoms with Crippen LogP contribution in [-0.2, 0) is 6.54 Å². The van der Waals surface area contributed by atoms with Gasteiger partial charge in [0.2, 0.25) is 0 Å². The zero-order valence-electron chi connectivity index (χ0n) is 14.1. The van der Waals surface area contributed by atoms with Gasteiger partial charge in [-0.3, -0.25) is 4.79 Å². The maximum atomic E-state index is 12.2. The Balaban J connectivity index is 1.43. The van der Waals surface area contributed by atoms with Gasteiger partial charge >= 0.3 is 0 Å². The Morgan fingerprint density at radius 2 is 1.92 bits per heavy atom. The number of nitrogens with zero attached hydrogens (tertiary/aromatic N) is 3. The second-order valence-corrected chi connectivity index (χ2v) is 8.40. The maximum Gasteiger partial charge on any atom is 0.250 e. The molecule has 1 fully saturated rings. The number of benzene rings is 1. The summed E-state index contributed by atoms with van der Waals surface area (Å²) in [5, 5.41) is 3.92. The molecule has 132 valence electrons. The van der Waals surface area contributed by atoms with Crippen molar-refractivity contribution >= 4 is 28.1 Å². The number of aromatic nitrogens is 2. The maximum absolute atomic E-state index is 12.2. The zero-order valence-corrected chi connectivity index (χ0v) is 15.7. The van der Waals surface area contributed by atoms with Crippen molar-refractivity contribution in [3.8, 4) is 11.3 Å². The van der Waals surface area contributed by atoms with Crippen LogP contribution in [0.15, 0.2) is 52.6 Å². The topological polar surface area (TPSA) is 38.1 Å². The van der Waals surface area contributed by atoms with Crippen LogP contribution < -0.4 is 10.5 Å². The van der Waals surface area contributed by atoms with Gasteiger partial charge in [-0.1, -0.05) is 29.8 Å². The Labute approximate surface area is 160 Å². The third-order valence-corrected chi connectivity index (χ3v) is 6.54. The van der Waals surface area contributed by atoms with E-state index in [4.69, 9.17) is 16.6 Å². The van der Waals surface area contributed by atoms with Gasteiger partial charge < -0.3 is 9.47 Å². The van der Waals surface area contributed by atoms with Crippen LogP contribution in [0.4, 0.5) is 5.13 Å². The van der Waals surface area contributed by atoms with Crippen LogP contribution in [0.25, 0.3) is 11.3 Å². The first kappa shape index (κ1) is 16.1. The molecule has 0 amide bonds. The van der Waals surface area contributed by atoms with E-state index in [1.165, 1.54) is 5.69 Å². The molecule has 2 aliphatic heterocycles. The molecule has 2 bridgehead atoms. The van der Waals surface area contributed by atoms with E-state index in [0.29, 0.717) is 11.8 Å². The molecule has 4 heterocycles. The van der Waals surface area contributed by atoms with Gasteiger partial charge in [-0.2, -0.15) is 0 Å². The predicted octanol–water partition coefficient (Wildman–Crippen LogP) is 4.25. The van der Waals surface area contributed by atoms with E-state index in [-0.39, 0.29) is 5.56 Å². The van der Waals surface area contributed by atoms with Gasteiger partial charge in [0.05, 0.1) is 5.69 Å². The van der Waals surface area contributed by atoms with Gasteiger partial charge in [0.1, 0.15) is 0 Å². The first-order valence-corrected chi connectivity index (χ1v) is 10.1. The number of thiazole rings is 1. The Hall–Kier alpha value is -2.11. The van der Waals surface area contributed by atoms with Crippen molar-refractivity contribution in [3.05, 3.63) is 68.9 Å². The molecule has 5 rings (SSSR count). The number of rotatable bonds is 2. The largest absolute Gasteiger partial charge is 0.347 e. The molecule has 2 atom stereocenters. The molecule has 2 aromatic heterocycles. The first-order chi connectivity index (χ1) is 12.7. The number of fused-ring (bicyclic) bond motifs is 4. The molecule has 6 heteroatoms. The van der Waals surface area contributed by atoms with Gasteiger partial charge in [0, 0.05) is 53.3 Å². The standard InChI is InChI=1S/C20H18ClN3OS/c21-16-6-4-14(5-7-16)17-12-26-20(22-17)23-9-13-8-15(11-23)18-2-1-3-19(25)24(18)10-13/h1-7,12-13,15H,8-11H2/t13-,15+/m1/s1.